The summed E-state index contributed by atoms with van der Waals surface area (Å²) in [4.78, 5) is 26.9. The van der Waals surface area contributed by atoms with E-state index >= 15 is 0 Å². The van der Waals surface area contributed by atoms with Crippen LogP contribution in [0.4, 0.5) is 10.1 Å². The van der Waals surface area contributed by atoms with E-state index in [0.717, 1.165) is 48.2 Å². The van der Waals surface area contributed by atoms with Crippen LogP contribution in [0, 0.1) is 5.82 Å². The Morgan fingerprint density at radius 2 is 1.67 bits per heavy atom. The fourth-order valence-electron chi connectivity index (χ4n) is 3.59. The van der Waals surface area contributed by atoms with Crippen molar-refractivity contribution in [2.75, 3.05) is 24.4 Å². The second-order valence-corrected chi connectivity index (χ2v) is 10.3. The van der Waals surface area contributed by atoms with Crippen molar-refractivity contribution in [3.05, 3.63) is 58.9 Å². The molecule has 1 aliphatic heterocycles. The minimum Gasteiger partial charge on any atom is -0.449 e. The molecule has 0 bridgehead atoms. The van der Waals surface area contributed by atoms with E-state index in [-0.39, 0.29) is 27.1 Å². The Morgan fingerprint density at radius 3 is 2.27 bits per heavy atom. The van der Waals surface area contributed by atoms with E-state index in [1.165, 1.54) is 38.2 Å². The summed E-state index contributed by atoms with van der Waals surface area (Å²) >= 11 is 6.14. The lowest BCUT2D eigenvalue weighted by atomic mass is 10.2. The number of carbonyl (C=O) groups excluding carboxylic acids is 2. The van der Waals surface area contributed by atoms with Crippen molar-refractivity contribution in [1.82, 2.24) is 4.90 Å². The van der Waals surface area contributed by atoms with Crippen molar-refractivity contribution in [3.63, 3.8) is 0 Å². The molecule has 7 nitrogen and oxygen atoms in total. The zero-order valence-corrected chi connectivity index (χ0v) is 20.0. The summed E-state index contributed by atoms with van der Waals surface area (Å²) in [5, 5.41) is -0.00203. The van der Waals surface area contributed by atoms with E-state index in [1.807, 2.05) is 0 Å². The number of carbonyl (C=O) groups is 2. The number of ether oxygens (including phenoxy) is 1. The van der Waals surface area contributed by atoms with Crippen LogP contribution in [0.2, 0.25) is 5.02 Å². The highest BCUT2D eigenvalue weighted by atomic mass is 35.5. The molecule has 33 heavy (non-hydrogen) atoms. The Hall–Kier alpha value is -2.65. The molecule has 1 aliphatic rings. The number of sulfonamides is 1. The molecule has 1 unspecified atom stereocenters. The molecule has 1 saturated heterocycles. The van der Waals surface area contributed by atoms with Gasteiger partial charge in [-0.1, -0.05) is 24.4 Å². The van der Waals surface area contributed by atoms with E-state index in [0.29, 0.717) is 13.1 Å². The third-order valence-corrected chi connectivity index (χ3v) is 7.67. The summed E-state index contributed by atoms with van der Waals surface area (Å²) in [7, 11) is -2.76. The van der Waals surface area contributed by atoms with Crippen molar-refractivity contribution >= 4 is 39.2 Å². The SMILES string of the molecule is CC(OC(=O)c1cc(S(=O)(=O)N(C)c2ccc(F)cc2)ccc1Cl)C(=O)N1CCCCCC1. The first-order chi connectivity index (χ1) is 15.6. The van der Waals surface area contributed by atoms with Crippen LogP contribution in [-0.2, 0) is 19.6 Å². The average molecular weight is 497 g/mol. The van der Waals surface area contributed by atoms with Gasteiger partial charge in [0.05, 0.1) is 21.2 Å². The van der Waals surface area contributed by atoms with Crippen molar-refractivity contribution in [3.8, 4) is 0 Å². The summed E-state index contributed by atoms with van der Waals surface area (Å²) in [6.07, 6.45) is 2.88. The lowest BCUT2D eigenvalue weighted by molar-refractivity contribution is -0.139. The van der Waals surface area contributed by atoms with Gasteiger partial charge in [0.2, 0.25) is 0 Å². The van der Waals surface area contributed by atoms with Crippen molar-refractivity contribution in [2.45, 2.75) is 43.6 Å². The number of hydrogen-bond donors (Lipinski definition) is 0. The predicted octanol–water partition coefficient (Wildman–Crippen LogP) is 4.25. The summed E-state index contributed by atoms with van der Waals surface area (Å²) < 4.78 is 45.6. The molecule has 1 atom stereocenters. The maximum absolute atomic E-state index is 13.2. The summed E-state index contributed by atoms with van der Waals surface area (Å²) in [5.74, 6) is -1.68. The minimum atomic E-state index is -4.07. The molecule has 0 spiro atoms. The molecule has 1 fully saturated rings. The Kier molecular flexibility index (Phi) is 7.97. The zero-order valence-electron chi connectivity index (χ0n) is 18.5. The van der Waals surface area contributed by atoms with E-state index in [2.05, 4.69) is 0 Å². The number of benzene rings is 2. The Labute approximate surface area is 198 Å². The van der Waals surface area contributed by atoms with Crippen LogP contribution in [0.3, 0.4) is 0 Å². The minimum absolute atomic E-state index is 0.00203. The van der Waals surface area contributed by atoms with E-state index in [1.54, 1.807) is 4.90 Å². The molecule has 2 aromatic rings. The van der Waals surface area contributed by atoms with Gasteiger partial charge in [0.25, 0.3) is 15.9 Å². The van der Waals surface area contributed by atoms with E-state index in [4.69, 9.17) is 16.3 Å². The lowest BCUT2D eigenvalue weighted by Gasteiger charge is -2.24. The summed E-state index contributed by atoms with van der Waals surface area (Å²) in [6, 6.07) is 8.61. The number of amides is 1. The number of rotatable bonds is 6. The van der Waals surface area contributed by atoms with E-state index < -0.39 is 27.9 Å². The predicted molar refractivity (Wildman–Crippen MR) is 123 cm³/mol. The average Bonchev–Trinajstić information content (AvgIpc) is 3.08. The number of likely N-dealkylation sites (tertiary alicyclic amines) is 1. The van der Waals surface area contributed by atoms with Crippen molar-refractivity contribution in [1.29, 1.82) is 0 Å². The van der Waals surface area contributed by atoms with Crippen LogP contribution < -0.4 is 4.31 Å². The summed E-state index contributed by atoms with van der Waals surface area (Å²) in [6.45, 7) is 2.72. The van der Waals surface area contributed by atoms with Gasteiger partial charge in [-0.05, 0) is 62.2 Å². The first-order valence-electron chi connectivity index (χ1n) is 10.6. The first kappa shape index (κ1) is 25.0. The van der Waals surface area contributed by atoms with Gasteiger partial charge in [0.1, 0.15) is 5.82 Å². The van der Waals surface area contributed by atoms with E-state index in [9.17, 15) is 22.4 Å². The van der Waals surface area contributed by atoms with Gasteiger partial charge in [-0.2, -0.15) is 0 Å². The second-order valence-electron chi connectivity index (χ2n) is 7.88. The zero-order chi connectivity index (χ0) is 24.2. The van der Waals surface area contributed by atoms with Crippen LogP contribution in [0.25, 0.3) is 0 Å². The molecular formula is C23H26ClFN2O5S. The van der Waals surface area contributed by atoms with Crippen LogP contribution >= 0.6 is 11.6 Å². The van der Waals surface area contributed by atoms with Gasteiger partial charge >= 0.3 is 5.97 Å². The fraction of sp³-hybridized carbons (Fsp3) is 0.391. The Morgan fingerprint density at radius 1 is 1.06 bits per heavy atom. The third kappa shape index (κ3) is 5.83. The van der Waals surface area contributed by atoms with Crippen LogP contribution in [0.5, 0.6) is 0 Å². The second kappa shape index (κ2) is 10.5. The Bertz CT molecular complexity index is 1120. The van der Waals surface area contributed by atoms with Crippen LogP contribution in [0.1, 0.15) is 43.0 Å². The van der Waals surface area contributed by atoms with Gasteiger partial charge < -0.3 is 9.64 Å². The summed E-state index contributed by atoms with van der Waals surface area (Å²) in [5.41, 5.74) is 0.0768. The topological polar surface area (TPSA) is 84.0 Å². The highest BCUT2D eigenvalue weighted by Crippen LogP contribution is 2.27. The highest BCUT2D eigenvalue weighted by molar-refractivity contribution is 7.92. The number of nitrogens with zero attached hydrogens (tertiary/aromatic N) is 2. The van der Waals surface area contributed by atoms with Gasteiger partial charge in [-0.15, -0.1) is 0 Å². The molecule has 0 saturated carbocycles. The van der Waals surface area contributed by atoms with Crippen LogP contribution in [-0.4, -0.2) is 51.4 Å². The Balaban J connectivity index is 1.79. The number of halogens is 2. The van der Waals surface area contributed by atoms with Crippen molar-refractivity contribution in [2.24, 2.45) is 0 Å². The molecule has 3 rings (SSSR count). The molecule has 0 N–H and O–H groups in total. The molecule has 1 amide bonds. The quantitative estimate of drug-likeness (QED) is 0.558. The normalized spacial score (nSPS) is 15.5. The third-order valence-electron chi connectivity index (χ3n) is 5.56. The number of anilines is 1. The molecule has 2 aromatic carbocycles. The lowest BCUT2D eigenvalue weighted by Crippen LogP contribution is -2.40. The molecule has 1 heterocycles. The number of hydrogen-bond acceptors (Lipinski definition) is 5. The van der Waals surface area contributed by atoms with Gasteiger partial charge in [0, 0.05) is 20.1 Å². The maximum atomic E-state index is 13.2. The molecule has 0 aliphatic carbocycles. The molecule has 0 radical (unpaired) electrons. The maximum Gasteiger partial charge on any atom is 0.340 e. The van der Waals surface area contributed by atoms with Crippen molar-refractivity contribution < 1.29 is 27.1 Å². The van der Waals surface area contributed by atoms with Gasteiger partial charge in [-0.3, -0.25) is 9.10 Å². The van der Waals surface area contributed by atoms with Gasteiger partial charge in [-0.25, -0.2) is 17.6 Å². The highest BCUT2D eigenvalue weighted by Gasteiger charge is 2.28. The molecule has 10 heteroatoms. The molecule has 178 valence electrons. The smallest absolute Gasteiger partial charge is 0.340 e. The fourth-order valence-corrected chi connectivity index (χ4v) is 5.01. The number of esters is 1. The van der Waals surface area contributed by atoms with Gasteiger partial charge in [0.15, 0.2) is 6.10 Å². The molecular weight excluding hydrogens is 471 g/mol. The largest absolute Gasteiger partial charge is 0.449 e. The molecule has 0 aromatic heterocycles. The monoisotopic (exact) mass is 496 g/mol. The standard InChI is InChI=1S/C23H26ClFN2O5S/c1-16(22(28)27-13-5-3-4-6-14-27)32-23(29)20-15-19(11-12-21(20)24)33(30,31)26(2)18-9-7-17(25)8-10-18/h7-12,15-16H,3-6,13-14H2,1-2H3. The first-order valence-corrected chi connectivity index (χ1v) is 12.5. The van der Waals surface area contributed by atoms with Crippen LogP contribution in [0.15, 0.2) is 47.4 Å².